The van der Waals surface area contributed by atoms with Crippen molar-refractivity contribution in [2.45, 2.75) is 24.7 Å². The van der Waals surface area contributed by atoms with E-state index in [4.69, 9.17) is 0 Å². The van der Waals surface area contributed by atoms with E-state index < -0.39 is 12.2 Å². The lowest BCUT2D eigenvalue weighted by Gasteiger charge is -2.26. The van der Waals surface area contributed by atoms with E-state index in [0.29, 0.717) is 6.54 Å². The van der Waals surface area contributed by atoms with Crippen LogP contribution in [0.3, 0.4) is 0 Å². The second-order valence-corrected chi connectivity index (χ2v) is 3.29. The van der Waals surface area contributed by atoms with E-state index in [2.05, 4.69) is 17.1 Å². The molecule has 0 aromatic heterocycles. The Bertz CT molecular complexity index is 181. The molecule has 2 N–H and O–H groups in total. The highest BCUT2D eigenvalue weighted by Crippen LogP contribution is 2.23. The van der Waals surface area contributed by atoms with Gasteiger partial charge in [-0.3, -0.25) is 4.90 Å². The van der Waals surface area contributed by atoms with Gasteiger partial charge in [-0.25, -0.2) is 0 Å². The van der Waals surface area contributed by atoms with Crippen molar-refractivity contribution in [1.82, 2.24) is 4.90 Å². The summed E-state index contributed by atoms with van der Waals surface area (Å²) in [6, 6.07) is 0.162. The molecule has 0 bridgehead atoms. The standard InChI is InChI=1S/C8H13NO2/c10-7-5-9-4-2-1-3-6(9)8(7)11/h1-2,6-8,10-11H,3-5H2/t6-,7+,8-/m0/s1. The fraction of sp³-hybridized carbons (Fsp3) is 0.750. The van der Waals surface area contributed by atoms with Crippen molar-refractivity contribution >= 4 is 0 Å². The molecule has 0 saturated carbocycles. The molecule has 0 amide bonds. The van der Waals surface area contributed by atoms with Gasteiger partial charge in [0.15, 0.2) is 0 Å². The van der Waals surface area contributed by atoms with Crippen LogP contribution in [-0.2, 0) is 0 Å². The smallest absolute Gasteiger partial charge is 0.0969 e. The van der Waals surface area contributed by atoms with Crippen LogP contribution in [0.5, 0.6) is 0 Å². The summed E-state index contributed by atoms with van der Waals surface area (Å²) >= 11 is 0. The summed E-state index contributed by atoms with van der Waals surface area (Å²) in [6.45, 7) is 1.50. The summed E-state index contributed by atoms with van der Waals surface area (Å²) in [6.07, 6.45) is 3.95. The van der Waals surface area contributed by atoms with E-state index in [1.54, 1.807) is 0 Å². The lowest BCUT2D eigenvalue weighted by atomic mass is 10.1. The highest BCUT2D eigenvalue weighted by atomic mass is 16.3. The molecule has 0 radical (unpaired) electrons. The summed E-state index contributed by atoms with van der Waals surface area (Å²) in [5.74, 6) is 0. The van der Waals surface area contributed by atoms with Crippen LogP contribution in [0.2, 0.25) is 0 Å². The second-order valence-electron chi connectivity index (χ2n) is 3.29. The summed E-state index contributed by atoms with van der Waals surface area (Å²) in [7, 11) is 0. The van der Waals surface area contributed by atoms with Crippen LogP contribution in [0.15, 0.2) is 12.2 Å². The summed E-state index contributed by atoms with van der Waals surface area (Å²) in [5, 5.41) is 18.8. The average Bonchev–Trinajstić information content (AvgIpc) is 2.30. The molecule has 2 aliphatic rings. The van der Waals surface area contributed by atoms with Crippen LogP contribution in [0.4, 0.5) is 0 Å². The Kier molecular flexibility index (Phi) is 1.71. The van der Waals surface area contributed by atoms with Gasteiger partial charge in [0.1, 0.15) is 0 Å². The normalized spacial score (nSPS) is 44.4. The summed E-state index contributed by atoms with van der Waals surface area (Å²) in [4.78, 5) is 2.12. The van der Waals surface area contributed by atoms with E-state index in [-0.39, 0.29) is 6.04 Å². The van der Waals surface area contributed by atoms with E-state index in [0.717, 1.165) is 13.0 Å². The van der Waals surface area contributed by atoms with Crippen molar-refractivity contribution in [2.24, 2.45) is 0 Å². The van der Waals surface area contributed by atoms with Crippen LogP contribution in [0, 0.1) is 0 Å². The molecular formula is C8H13NO2. The number of hydrogen-bond acceptors (Lipinski definition) is 3. The van der Waals surface area contributed by atoms with Crippen molar-refractivity contribution in [2.75, 3.05) is 13.1 Å². The molecule has 0 spiro atoms. The van der Waals surface area contributed by atoms with Gasteiger partial charge in [-0.15, -0.1) is 0 Å². The Hall–Kier alpha value is -0.380. The SMILES string of the molecule is O[C@@H]1[C@H](O)CN2CC=CC[C@@H]12. The van der Waals surface area contributed by atoms with Gasteiger partial charge in [0.2, 0.25) is 0 Å². The molecule has 2 heterocycles. The average molecular weight is 155 g/mol. The van der Waals surface area contributed by atoms with Crippen molar-refractivity contribution in [3.63, 3.8) is 0 Å². The predicted molar refractivity (Wildman–Crippen MR) is 41.1 cm³/mol. The van der Waals surface area contributed by atoms with Gasteiger partial charge in [-0.05, 0) is 6.42 Å². The maximum atomic E-state index is 9.47. The monoisotopic (exact) mass is 155 g/mol. The van der Waals surface area contributed by atoms with Gasteiger partial charge in [0.05, 0.1) is 12.2 Å². The zero-order chi connectivity index (χ0) is 7.84. The lowest BCUT2D eigenvalue weighted by Crippen LogP contribution is -2.37. The number of fused-ring (bicyclic) bond motifs is 1. The molecule has 3 heteroatoms. The van der Waals surface area contributed by atoms with Crippen molar-refractivity contribution in [3.8, 4) is 0 Å². The highest BCUT2D eigenvalue weighted by molar-refractivity contribution is 5.04. The van der Waals surface area contributed by atoms with E-state index >= 15 is 0 Å². The van der Waals surface area contributed by atoms with Crippen LogP contribution in [0.1, 0.15) is 6.42 Å². The number of aliphatic hydroxyl groups excluding tert-OH is 2. The molecule has 3 atom stereocenters. The first-order valence-electron chi connectivity index (χ1n) is 4.04. The molecule has 2 aliphatic heterocycles. The van der Waals surface area contributed by atoms with Crippen molar-refractivity contribution in [3.05, 3.63) is 12.2 Å². The minimum atomic E-state index is -0.542. The minimum Gasteiger partial charge on any atom is -0.389 e. The van der Waals surface area contributed by atoms with E-state index in [1.165, 1.54) is 0 Å². The molecule has 3 nitrogen and oxygen atoms in total. The Labute approximate surface area is 65.9 Å². The second kappa shape index (κ2) is 2.59. The predicted octanol–water partition coefficient (Wildman–Crippen LogP) is -0.648. The lowest BCUT2D eigenvalue weighted by molar-refractivity contribution is 0.0380. The third-order valence-electron chi connectivity index (χ3n) is 2.56. The molecule has 0 aliphatic carbocycles. The van der Waals surface area contributed by atoms with Gasteiger partial charge >= 0.3 is 0 Å². The Morgan fingerprint density at radius 2 is 2.09 bits per heavy atom. The largest absolute Gasteiger partial charge is 0.389 e. The number of rotatable bonds is 0. The first kappa shape index (κ1) is 7.28. The maximum Gasteiger partial charge on any atom is 0.0969 e. The number of aliphatic hydroxyl groups is 2. The Morgan fingerprint density at radius 1 is 1.27 bits per heavy atom. The maximum absolute atomic E-state index is 9.47. The van der Waals surface area contributed by atoms with E-state index in [9.17, 15) is 10.2 Å². The van der Waals surface area contributed by atoms with Gasteiger partial charge < -0.3 is 10.2 Å². The molecule has 0 aromatic rings. The molecular weight excluding hydrogens is 142 g/mol. The van der Waals surface area contributed by atoms with Gasteiger partial charge in [-0.2, -0.15) is 0 Å². The molecule has 1 saturated heterocycles. The first-order chi connectivity index (χ1) is 5.29. The third kappa shape index (κ3) is 1.09. The number of nitrogens with zero attached hydrogens (tertiary/aromatic N) is 1. The molecule has 2 rings (SSSR count). The molecule has 1 fully saturated rings. The minimum absolute atomic E-state index is 0.162. The zero-order valence-corrected chi connectivity index (χ0v) is 6.35. The number of hydrogen-bond donors (Lipinski definition) is 2. The first-order valence-corrected chi connectivity index (χ1v) is 4.04. The summed E-state index contributed by atoms with van der Waals surface area (Å²) < 4.78 is 0. The Morgan fingerprint density at radius 3 is 2.82 bits per heavy atom. The van der Waals surface area contributed by atoms with Crippen LogP contribution in [0.25, 0.3) is 0 Å². The van der Waals surface area contributed by atoms with Crippen molar-refractivity contribution < 1.29 is 10.2 Å². The van der Waals surface area contributed by atoms with Crippen LogP contribution in [-0.4, -0.2) is 46.5 Å². The third-order valence-corrected chi connectivity index (χ3v) is 2.56. The molecule has 62 valence electrons. The highest BCUT2D eigenvalue weighted by Gasteiger charge is 2.39. The van der Waals surface area contributed by atoms with Crippen LogP contribution < -0.4 is 0 Å². The van der Waals surface area contributed by atoms with Crippen molar-refractivity contribution in [1.29, 1.82) is 0 Å². The van der Waals surface area contributed by atoms with Gasteiger partial charge in [0, 0.05) is 19.1 Å². The topological polar surface area (TPSA) is 43.7 Å². The van der Waals surface area contributed by atoms with Crippen LogP contribution >= 0.6 is 0 Å². The zero-order valence-electron chi connectivity index (χ0n) is 6.35. The molecule has 11 heavy (non-hydrogen) atoms. The fourth-order valence-electron chi connectivity index (χ4n) is 1.90. The molecule has 0 unspecified atom stereocenters. The van der Waals surface area contributed by atoms with E-state index in [1.807, 2.05) is 0 Å². The quantitative estimate of drug-likeness (QED) is 0.457. The summed E-state index contributed by atoms with van der Waals surface area (Å²) in [5.41, 5.74) is 0. The van der Waals surface area contributed by atoms with Gasteiger partial charge in [-0.1, -0.05) is 12.2 Å². The Balaban J connectivity index is 2.12. The molecule has 0 aromatic carbocycles. The fourth-order valence-corrected chi connectivity index (χ4v) is 1.90. The van der Waals surface area contributed by atoms with Gasteiger partial charge in [0.25, 0.3) is 0 Å².